The molecule has 8 heteroatoms. The lowest BCUT2D eigenvalue weighted by atomic mass is 9.93. The minimum atomic E-state index is -0.448. The number of nitro groups is 1. The van der Waals surface area contributed by atoms with Gasteiger partial charge in [0.05, 0.1) is 4.92 Å². The highest BCUT2D eigenvalue weighted by molar-refractivity contribution is 5.60. The van der Waals surface area contributed by atoms with Gasteiger partial charge in [0.15, 0.2) is 0 Å². The van der Waals surface area contributed by atoms with Gasteiger partial charge in [-0.25, -0.2) is 4.98 Å². The lowest BCUT2D eigenvalue weighted by Crippen LogP contribution is -2.34. The third kappa shape index (κ3) is 4.82. The van der Waals surface area contributed by atoms with Gasteiger partial charge in [-0.2, -0.15) is 4.98 Å². The lowest BCUT2D eigenvalue weighted by Gasteiger charge is -2.28. The minimum absolute atomic E-state index is 0.0456. The van der Waals surface area contributed by atoms with E-state index in [9.17, 15) is 10.1 Å². The molecule has 0 aliphatic carbocycles. The van der Waals surface area contributed by atoms with E-state index >= 15 is 0 Å². The molecule has 0 saturated carbocycles. The fourth-order valence-corrected chi connectivity index (χ4v) is 2.26. The maximum absolute atomic E-state index is 11.2. The third-order valence-electron chi connectivity index (χ3n) is 2.94. The summed E-state index contributed by atoms with van der Waals surface area (Å²) in [6, 6.07) is 0. The van der Waals surface area contributed by atoms with Crippen LogP contribution in [0.25, 0.3) is 0 Å². The van der Waals surface area contributed by atoms with Crippen molar-refractivity contribution in [2.24, 2.45) is 5.41 Å². The Labute approximate surface area is 125 Å². The van der Waals surface area contributed by atoms with Crippen molar-refractivity contribution in [2.45, 2.75) is 20.8 Å². The van der Waals surface area contributed by atoms with Crippen molar-refractivity contribution >= 4 is 17.5 Å². The van der Waals surface area contributed by atoms with E-state index < -0.39 is 4.92 Å². The van der Waals surface area contributed by atoms with Crippen LogP contribution in [0.2, 0.25) is 0 Å². The first-order valence-electron chi connectivity index (χ1n) is 6.75. The summed E-state index contributed by atoms with van der Waals surface area (Å²) >= 11 is 0. The van der Waals surface area contributed by atoms with Crippen LogP contribution in [0.15, 0.2) is 0 Å². The van der Waals surface area contributed by atoms with E-state index in [4.69, 9.17) is 0 Å². The standard InChI is InChI=1S/C13H24N6O2/c1-9-10(19(20)21)11(17-12(14-4)16-9)15-7-13(2,3)8-18(5)6/h7-8H2,1-6H3,(H2,14,15,16,17). The molecule has 0 aliphatic heterocycles. The first-order valence-corrected chi connectivity index (χ1v) is 6.75. The molecule has 0 radical (unpaired) electrons. The van der Waals surface area contributed by atoms with Gasteiger partial charge in [-0.3, -0.25) is 10.1 Å². The molecule has 0 aliphatic rings. The molecule has 118 valence electrons. The van der Waals surface area contributed by atoms with E-state index in [0.29, 0.717) is 18.2 Å². The van der Waals surface area contributed by atoms with Crippen LogP contribution in [0.1, 0.15) is 19.5 Å². The van der Waals surface area contributed by atoms with Crippen molar-refractivity contribution in [1.82, 2.24) is 14.9 Å². The summed E-state index contributed by atoms with van der Waals surface area (Å²) in [6.45, 7) is 7.23. The Morgan fingerprint density at radius 3 is 2.43 bits per heavy atom. The molecule has 1 aromatic rings. The fourth-order valence-electron chi connectivity index (χ4n) is 2.26. The van der Waals surface area contributed by atoms with E-state index in [-0.39, 0.29) is 16.9 Å². The molecule has 1 aromatic heterocycles. The topological polar surface area (TPSA) is 96.2 Å². The van der Waals surface area contributed by atoms with Gasteiger partial charge in [-0.1, -0.05) is 13.8 Å². The first kappa shape index (κ1) is 17.1. The number of aryl methyl sites for hydroxylation is 1. The van der Waals surface area contributed by atoms with E-state index in [1.165, 1.54) is 0 Å². The minimum Gasteiger partial charge on any atom is -0.364 e. The lowest BCUT2D eigenvalue weighted by molar-refractivity contribution is -0.385. The predicted octanol–water partition coefficient (Wildman–Crippen LogP) is 1.73. The molecule has 0 atom stereocenters. The second kappa shape index (κ2) is 6.66. The average Bonchev–Trinajstić information content (AvgIpc) is 2.33. The fraction of sp³-hybridized carbons (Fsp3) is 0.692. The highest BCUT2D eigenvalue weighted by Crippen LogP contribution is 2.27. The van der Waals surface area contributed by atoms with Crippen molar-refractivity contribution in [3.8, 4) is 0 Å². The molecule has 0 spiro atoms. The molecule has 2 N–H and O–H groups in total. The van der Waals surface area contributed by atoms with E-state index in [1.807, 2.05) is 14.1 Å². The van der Waals surface area contributed by atoms with E-state index in [2.05, 4.69) is 39.3 Å². The van der Waals surface area contributed by atoms with Crippen LogP contribution >= 0.6 is 0 Å². The van der Waals surface area contributed by atoms with Gasteiger partial charge in [-0.05, 0) is 26.4 Å². The number of anilines is 2. The Kier molecular flexibility index (Phi) is 5.42. The summed E-state index contributed by atoms with van der Waals surface area (Å²) in [5.74, 6) is 0.620. The number of rotatable bonds is 7. The average molecular weight is 296 g/mol. The van der Waals surface area contributed by atoms with Crippen LogP contribution in [-0.2, 0) is 0 Å². The highest BCUT2D eigenvalue weighted by Gasteiger charge is 2.25. The van der Waals surface area contributed by atoms with Crippen LogP contribution in [0, 0.1) is 22.5 Å². The zero-order chi connectivity index (χ0) is 16.2. The summed E-state index contributed by atoms with van der Waals surface area (Å²) in [4.78, 5) is 21.1. The summed E-state index contributed by atoms with van der Waals surface area (Å²) in [6.07, 6.45) is 0. The van der Waals surface area contributed by atoms with Gasteiger partial charge in [0.25, 0.3) is 0 Å². The van der Waals surface area contributed by atoms with Crippen molar-refractivity contribution in [3.63, 3.8) is 0 Å². The number of nitrogens with zero attached hydrogens (tertiary/aromatic N) is 4. The Morgan fingerprint density at radius 2 is 1.95 bits per heavy atom. The van der Waals surface area contributed by atoms with Crippen LogP contribution in [0.4, 0.5) is 17.5 Å². The third-order valence-corrected chi connectivity index (χ3v) is 2.94. The van der Waals surface area contributed by atoms with Gasteiger partial charge in [0.2, 0.25) is 11.8 Å². The predicted molar refractivity (Wildman–Crippen MR) is 83.8 cm³/mol. The number of hydrogen-bond acceptors (Lipinski definition) is 7. The van der Waals surface area contributed by atoms with Crippen LogP contribution in [0.3, 0.4) is 0 Å². The van der Waals surface area contributed by atoms with Crippen LogP contribution in [-0.4, -0.2) is 54.0 Å². The Hall–Kier alpha value is -1.96. The molecule has 1 rings (SSSR count). The number of hydrogen-bond donors (Lipinski definition) is 2. The molecular formula is C13H24N6O2. The molecule has 0 fully saturated rings. The SMILES string of the molecule is CNc1nc(C)c([N+](=O)[O-])c(NCC(C)(C)CN(C)C)n1. The van der Waals surface area contributed by atoms with Gasteiger partial charge in [-0.15, -0.1) is 0 Å². The largest absolute Gasteiger partial charge is 0.364 e. The van der Waals surface area contributed by atoms with E-state index in [1.54, 1.807) is 14.0 Å². The zero-order valence-electron chi connectivity index (χ0n) is 13.5. The number of nitrogens with one attached hydrogen (secondary N) is 2. The Morgan fingerprint density at radius 1 is 1.33 bits per heavy atom. The van der Waals surface area contributed by atoms with Gasteiger partial charge in [0.1, 0.15) is 5.69 Å². The molecule has 8 nitrogen and oxygen atoms in total. The summed E-state index contributed by atoms with van der Waals surface area (Å²) in [5, 5.41) is 17.1. The van der Waals surface area contributed by atoms with Crippen molar-refractivity contribution in [1.29, 1.82) is 0 Å². The maximum atomic E-state index is 11.2. The monoisotopic (exact) mass is 296 g/mol. The van der Waals surface area contributed by atoms with Gasteiger partial charge < -0.3 is 15.5 Å². The second-order valence-electron chi connectivity index (χ2n) is 6.09. The van der Waals surface area contributed by atoms with E-state index in [0.717, 1.165) is 6.54 Å². The van der Waals surface area contributed by atoms with Crippen molar-refractivity contribution in [2.75, 3.05) is 44.9 Å². The Bertz CT molecular complexity index is 516. The van der Waals surface area contributed by atoms with Gasteiger partial charge in [0, 0.05) is 20.1 Å². The molecule has 0 saturated heterocycles. The maximum Gasteiger partial charge on any atom is 0.332 e. The molecule has 0 bridgehead atoms. The second-order valence-corrected chi connectivity index (χ2v) is 6.09. The quantitative estimate of drug-likeness (QED) is 0.584. The molecule has 0 unspecified atom stereocenters. The molecule has 21 heavy (non-hydrogen) atoms. The Balaban J connectivity index is 3.01. The molecular weight excluding hydrogens is 272 g/mol. The van der Waals surface area contributed by atoms with Crippen molar-refractivity contribution in [3.05, 3.63) is 15.8 Å². The summed E-state index contributed by atoms with van der Waals surface area (Å²) in [5.41, 5.74) is 0.220. The summed E-state index contributed by atoms with van der Waals surface area (Å²) < 4.78 is 0. The number of aromatic nitrogens is 2. The normalized spacial score (nSPS) is 11.6. The smallest absolute Gasteiger partial charge is 0.332 e. The van der Waals surface area contributed by atoms with Crippen LogP contribution < -0.4 is 10.6 Å². The first-order chi connectivity index (χ1) is 9.66. The molecule has 1 heterocycles. The zero-order valence-corrected chi connectivity index (χ0v) is 13.5. The molecule has 0 amide bonds. The van der Waals surface area contributed by atoms with Gasteiger partial charge >= 0.3 is 5.69 Å². The van der Waals surface area contributed by atoms with Crippen LogP contribution in [0.5, 0.6) is 0 Å². The summed E-state index contributed by atoms with van der Waals surface area (Å²) in [7, 11) is 5.68. The molecule has 0 aromatic carbocycles. The highest BCUT2D eigenvalue weighted by atomic mass is 16.6. The van der Waals surface area contributed by atoms with Crippen molar-refractivity contribution < 1.29 is 4.92 Å².